The second kappa shape index (κ2) is 8.50. The average molecular weight is 421 g/mol. The van der Waals surface area contributed by atoms with E-state index in [1.807, 2.05) is 20.8 Å². The molecule has 0 radical (unpaired) electrons. The highest BCUT2D eigenvalue weighted by molar-refractivity contribution is 8.02. The number of rotatable bonds is 4. The van der Waals surface area contributed by atoms with E-state index < -0.39 is 16.8 Å². The summed E-state index contributed by atoms with van der Waals surface area (Å²) in [6.07, 6.45) is 5.45. The Bertz CT molecular complexity index is 748. The lowest BCUT2D eigenvalue weighted by molar-refractivity contribution is -0.116. The van der Waals surface area contributed by atoms with Crippen molar-refractivity contribution in [1.29, 1.82) is 5.41 Å². The Hall–Kier alpha value is -1.83. The van der Waals surface area contributed by atoms with E-state index in [0.717, 1.165) is 31.4 Å². The summed E-state index contributed by atoms with van der Waals surface area (Å²) >= 11 is 1.41. The summed E-state index contributed by atoms with van der Waals surface area (Å²) in [6.45, 7) is 9.05. The maximum Gasteiger partial charge on any atom is 0.410 e. The molecule has 0 bridgehead atoms. The topological polar surface area (TPSA) is 109 Å². The second-order valence-corrected chi connectivity index (χ2v) is 10.2. The minimum atomic E-state index is -0.581. The number of carbonyl (C=O) groups excluding carboxylic acids is 2. The molecule has 3 aliphatic heterocycles. The fraction of sp³-hybridized carbons (Fsp3) is 0.714. The number of nitrogens with two attached hydrogens (primary N) is 1. The number of allylic oxidation sites excluding steroid dienone is 1. The lowest BCUT2D eigenvalue weighted by Gasteiger charge is -2.35. The van der Waals surface area contributed by atoms with Gasteiger partial charge < -0.3 is 20.8 Å². The molecule has 2 amide bonds. The van der Waals surface area contributed by atoms with E-state index in [1.165, 1.54) is 17.3 Å². The van der Waals surface area contributed by atoms with Crippen molar-refractivity contribution in [1.82, 2.24) is 4.90 Å². The fourth-order valence-electron chi connectivity index (χ4n) is 4.20. The van der Waals surface area contributed by atoms with E-state index in [9.17, 15) is 9.59 Å². The van der Waals surface area contributed by atoms with E-state index in [-0.39, 0.29) is 23.3 Å². The van der Waals surface area contributed by atoms with Crippen LogP contribution in [0.15, 0.2) is 16.6 Å². The van der Waals surface area contributed by atoms with Crippen LogP contribution < -0.4 is 5.73 Å². The average Bonchev–Trinajstić information content (AvgIpc) is 2.98. The van der Waals surface area contributed by atoms with Gasteiger partial charge in [-0.2, -0.15) is 0 Å². The molecular weight excluding hydrogens is 388 g/mol. The zero-order valence-electron chi connectivity index (χ0n) is 17.7. The molecule has 0 aliphatic carbocycles. The monoisotopic (exact) mass is 420 g/mol. The minimum Gasteiger partial charge on any atom is -0.444 e. The number of piperidine rings is 1. The predicted octanol–water partition coefficient (Wildman–Crippen LogP) is 3.38. The second-order valence-electron chi connectivity index (χ2n) is 9.01. The van der Waals surface area contributed by atoms with E-state index in [2.05, 4.69) is 13.0 Å². The molecule has 0 aromatic rings. The molecule has 2 fully saturated rings. The number of nitrogens with zero attached hydrogens (tertiary/aromatic N) is 2. The first-order valence-corrected chi connectivity index (χ1v) is 11.3. The van der Waals surface area contributed by atoms with Crippen LogP contribution in [0.25, 0.3) is 0 Å². The number of hydrogen-bond acceptors (Lipinski definition) is 6. The molecule has 160 valence electrons. The van der Waals surface area contributed by atoms with E-state index >= 15 is 0 Å². The van der Waals surface area contributed by atoms with Crippen LogP contribution in [0, 0.1) is 17.2 Å². The number of aliphatic imine (C=N–C) groups is 1. The third-order valence-electron chi connectivity index (χ3n) is 5.55. The molecule has 29 heavy (non-hydrogen) atoms. The molecular formula is C21H32N4O3S. The number of hydrogen-bond donors (Lipinski definition) is 2. The Kier molecular flexibility index (Phi) is 6.41. The van der Waals surface area contributed by atoms with Crippen LogP contribution in [0.5, 0.6) is 0 Å². The zero-order valence-corrected chi connectivity index (χ0v) is 18.6. The summed E-state index contributed by atoms with van der Waals surface area (Å²) in [5.74, 6) is -0.278. The summed E-state index contributed by atoms with van der Waals surface area (Å²) in [5, 5.41) is 7.72. The molecule has 0 aromatic carbocycles. The number of carbonyl (C=O) groups is 2. The lowest BCUT2D eigenvalue weighted by atomic mass is 9.82. The molecule has 3 heterocycles. The highest BCUT2D eigenvalue weighted by Gasteiger charge is 2.46. The van der Waals surface area contributed by atoms with Gasteiger partial charge in [-0.3, -0.25) is 9.79 Å². The highest BCUT2D eigenvalue weighted by atomic mass is 32.2. The Balaban J connectivity index is 1.71. The van der Waals surface area contributed by atoms with Crippen molar-refractivity contribution in [2.24, 2.45) is 22.6 Å². The van der Waals surface area contributed by atoms with E-state index in [4.69, 9.17) is 20.9 Å². The maximum absolute atomic E-state index is 12.3. The first-order valence-electron chi connectivity index (χ1n) is 10.4. The van der Waals surface area contributed by atoms with E-state index in [0.29, 0.717) is 18.8 Å². The van der Waals surface area contributed by atoms with Gasteiger partial charge in [-0.15, -0.1) is 11.8 Å². The van der Waals surface area contributed by atoms with Crippen LogP contribution in [0.2, 0.25) is 0 Å². The van der Waals surface area contributed by atoms with Gasteiger partial charge in [-0.05, 0) is 46.1 Å². The number of dihydropyridines is 1. The van der Waals surface area contributed by atoms with Gasteiger partial charge in [-0.25, -0.2) is 4.79 Å². The quantitative estimate of drug-likeness (QED) is 0.726. The maximum atomic E-state index is 12.3. The van der Waals surface area contributed by atoms with Gasteiger partial charge in [0.1, 0.15) is 16.2 Å². The van der Waals surface area contributed by atoms with Crippen molar-refractivity contribution in [3.63, 3.8) is 0 Å². The van der Waals surface area contributed by atoms with Gasteiger partial charge in [0.25, 0.3) is 0 Å². The first-order chi connectivity index (χ1) is 13.6. The van der Waals surface area contributed by atoms with Crippen molar-refractivity contribution in [2.45, 2.75) is 69.6 Å². The number of thioether (sulfide) groups is 1. The van der Waals surface area contributed by atoms with Crippen LogP contribution in [0.4, 0.5) is 4.79 Å². The molecule has 3 unspecified atom stereocenters. The summed E-state index contributed by atoms with van der Waals surface area (Å²) in [4.78, 5) is 30.8. The Morgan fingerprint density at radius 3 is 2.55 bits per heavy atom. The number of amides is 2. The molecule has 7 nitrogen and oxygen atoms in total. The Labute approximate surface area is 177 Å². The SMILES string of the molecule is CCCC1=CC(C2CCN(C(=O)OC(C)(C)C)CC2)=NC2SC(C(N)=O)C(=N)C12. The summed E-state index contributed by atoms with van der Waals surface area (Å²) in [6, 6.07) is 0. The first kappa shape index (κ1) is 21.9. The number of ether oxygens (including phenoxy) is 1. The van der Waals surface area contributed by atoms with Crippen LogP contribution >= 0.6 is 11.8 Å². The van der Waals surface area contributed by atoms with Crippen LogP contribution in [0.3, 0.4) is 0 Å². The largest absolute Gasteiger partial charge is 0.444 e. The van der Waals surface area contributed by atoms with Crippen LogP contribution in [-0.4, -0.2) is 57.6 Å². The van der Waals surface area contributed by atoms with Gasteiger partial charge >= 0.3 is 6.09 Å². The van der Waals surface area contributed by atoms with Gasteiger partial charge in [0.05, 0.1) is 5.92 Å². The van der Waals surface area contributed by atoms with Crippen LogP contribution in [0.1, 0.15) is 53.4 Å². The molecule has 8 heteroatoms. The summed E-state index contributed by atoms with van der Waals surface area (Å²) in [5.41, 5.74) is 7.65. The van der Waals surface area contributed by atoms with Crippen molar-refractivity contribution in [3.8, 4) is 0 Å². The molecule has 3 aliphatic rings. The molecule has 3 rings (SSSR count). The smallest absolute Gasteiger partial charge is 0.410 e. The normalized spacial score (nSPS) is 27.9. The highest BCUT2D eigenvalue weighted by Crippen LogP contribution is 2.44. The van der Waals surface area contributed by atoms with Crippen molar-refractivity contribution < 1.29 is 14.3 Å². The van der Waals surface area contributed by atoms with Crippen molar-refractivity contribution in [3.05, 3.63) is 11.6 Å². The molecule has 0 spiro atoms. The zero-order chi connectivity index (χ0) is 21.3. The van der Waals surface area contributed by atoms with Gasteiger partial charge in [0, 0.05) is 30.4 Å². The van der Waals surface area contributed by atoms with Gasteiger partial charge in [0.15, 0.2) is 0 Å². The lowest BCUT2D eigenvalue weighted by Crippen LogP contribution is -2.43. The summed E-state index contributed by atoms with van der Waals surface area (Å²) < 4.78 is 5.48. The van der Waals surface area contributed by atoms with Gasteiger partial charge in [-0.1, -0.05) is 18.9 Å². The number of likely N-dealkylation sites (tertiary alicyclic amines) is 1. The van der Waals surface area contributed by atoms with E-state index in [1.54, 1.807) is 4.90 Å². The predicted molar refractivity (Wildman–Crippen MR) is 117 cm³/mol. The number of fused-ring (bicyclic) bond motifs is 1. The number of nitrogens with one attached hydrogen (secondary N) is 1. The standard InChI is InChI=1S/C21H32N4O3S/c1-5-6-13-11-14(24-19-15(13)16(22)17(29-19)18(23)26)12-7-9-25(10-8-12)20(27)28-21(2,3)4/h11-12,15,17,19,22H,5-10H2,1-4H3,(H2,23,26). The fourth-order valence-corrected chi connectivity index (χ4v) is 5.57. The third-order valence-corrected chi connectivity index (χ3v) is 6.96. The molecule has 2 saturated heterocycles. The third kappa shape index (κ3) is 4.85. The summed E-state index contributed by atoms with van der Waals surface area (Å²) in [7, 11) is 0. The molecule has 3 N–H and O–H groups in total. The molecule has 0 aromatic heterocycles. The Morgan fingerprint density at radius 2 is 2.00 bits per heavy atom. The Morgan fingerprint density at radius 1 is 1.34 bits per heavy atom. The minimum absolute atomic E-state index is 0.108. The van der Waals surface area contributed by atoms with Crippen molar-refractivity contribution in [2.75, 3.05) is 13.1 Å². The van der Waals surface area contributed by atoms with Crippen molar-refractivity contribution >= 4 is 35.2 Å². The van der Waals surface area contributed by atoms with Crippen LogP contribution in [-0.2, 0) is 9.53 Å². The molecule has 0 saturated carbocycles. The van der Waals surface area contributed by atoms with Gasteiger partial charge in [0.2, 0.25) is 5.91 Å². The number of primary amides is 1. The molecule has 3 atom stereocenters.